The van der Waals surface area contributed by atoms with Gasteiger partial charge in [-0.2, -0.15) is 5.10 Å². The van der Waals surface area contributed by atoms with E-state index in [-0.39, 0.29) is 0 Å². The van der Waals surface area contributed by atoms with Crippen molar-refractivity contribution in [1.82, 2.24) is 5.43 Å². The number of carbonyl (C=O) groups is 3. The van der Waals surface area contributed by atoms with Gasteiger partial charge in [-0.25, -0.2) is 10.2 Å². The largest absolute Gasteiger partial charge is 0.423 e. The Morgan fingerprint density at radius 1 is 0.935 bits per heavy atom. The number of hydrogen-bond donors (Lipinski definition) is 2. The summed E-state index contributed by atoms with van der Waals surface area (Å²) in [5.41, 5.74) is 3.50. The lowest BCUT2D eigenvalue weighted by molar-refractivity contribution is -0.136. The lowest BCUT2D eigenvalue weighted by Crippen LogP contribution is -2.32. The highest BCUT2D eigenvalue weighted by atomic mass is 79.9. The van der Waals surface area contributed by atoms with Gasteiger partial charge in [0.2, 0.25) is 0 Å². The number of benzene rings is 3. The molecule has 0 saturated carbocycles. The third-order valence-electron chi connectivity index (χ3n) is 3.85. The molecule has 0 spiro atoms. The van der Waals surface area contributed by atoms with Crippen molar-refractivity contribution in [3.05, 3.63) is 93.4 Å². The second-order valence-corrected chi connectivity index (χ2v) is 7.39. The number of nitrogens with zero attached hydrogens (tertiary/aromatic N) is 1. The molecule has 2 N–H and O–H groups in total. The summed E-state index contributed by atoms with van der Waals surface area (Å²) in [5.74, 6) is -2.04. The van der Waals surface area contributed by atoms with E-state index < -0.39 is 17.8 Å². The van der Waals surface area contributed by atoms with E-state index in [0.29, 0.717) is 32.1 Å². The summed E-state index contributed by atoms with van der Waals surface area (Å²) in [4.78, 5) is 36.1. The molecule has 0 unspecified atom stereocenters. The number of hydrazone groups is 1. The summed E-state index contributed by atoms with van der Waals surface area (Å²) >= 11 is 9.08. The maximum Gasteiger partial charge on any atom is 0.344 e. The molecule has 3 rings (SSSR count). The van der Waals surface area contributed by atoms with Gasteiger partial charge in [-0.15, -0.1) is 0 Å². The quantitative estimate of drug-likeness (QED) is 0.178. The molecule has 0 bridgehead atoms. The average molecular weight is 501 g/mol. The molecule has 0 radical (unpaired) electrons. The van der Waals surface area contributed by atoms with E-state index in [2.05, 4.69) is 31.8 Å². The van der Waals surface area contributed by atoms with Crippen molar-refractivity contribution in [3.8, 4) is 5.75 Å². The van der Waals surface area contributed by atoms with Crippen molar-refractivity contribution in [2.75, 3.05) is 5.32 Å². The highest BCUT2D eigenvalue weighted by Crippen LogP contribution is 2.19. The Balaban J connectivity index is 1.57. The molecule has 3 aromatic rings. The van der Waals surface area contributed by atoms with E-state index in [1.54, 1.807) is 72.8 Å². The third-order valence-corrected chi connectivity index (χ3v) is 4.79. The van der Waals surface area contributed by atoms with Crippen LogP contribution in [0.15, 0.2) is 82.4 Å². The molecule has 0 heterocycles. The van der Waals surface area contributed by atoms with Gasteiger partial charge < -0.3 is 10.1 Å². The van der Waals surface area contributed by atoms with E-state index in [9.17, 15) is 14.4 Å². The zero-order valence-electron chi connectivity index (χ0n) is 15.8. The summed E-state index contributed by atoms with van der Waals surface area (Å²) in [5, 5.41) is 6.69. The highest BCUT2D eigenvalue weighted by Gasteiger charge is 2.13. The Bertz CT molecular complexity index is 1150. The summed E-state index contributed by atoms with van der Waals surface area (Å²) in [7, 11) is 0. The number of rotatable bonds is 5. The van der Waals surface area contributed by atoms with Crippen molar-refractivity contribution in [2.24, 2.45) is 5.10 Å². The second-order valence-electron chi connectivity index (χ2n) is 6.10. The van der Waals surface area contributed by atoms with Crippen LogP contribution in [0, 0.1) is 0 Å². The maximum absolute atomic E-state index is 12.3. The molecule has 0 atom stereocenters. The molecule has 0 aliphatic rings. The van der Waals surface area contributed by atoms with Gasteiger partial charge in [0.15, 0.2) is 0 Å². The first kappa shape index (κ1) is 22.2. The Labute approximate surface area is 191 Å². The molecule has 0 aromatic heterocycles. The SMILES string of the molecule is O=C(N/N=C/c1cccc(OC(=O)c2ccccc2Br)c1)C(=O)Nc1ccc(Cl)cc1. The van der Waals surface area contributed by atoms with Crippen LogP contribution in [0.25, 0.3) is 0 Å². The predicted molar refractivity (Wildman–Crippen MR) is 121 cm³/mol. The van der Waals surface area contributed by atoms with Gasteiger partial charge in [-0.1, -0.05) is 35.9 Å². The Morgan fingerprint density at radius 2 is 1.68 bits per heavy atom. The fraction of sp³-hybridized carbons (Fsp3) is 0. The molecule has 3 aromatic carbocycles. The van der Waals surface area contributed by atoms with Gasteiger partial charge in [-0.05, 0) is 70.0 Å². The minimum atomic E-state index is -0.942. The first-order chi connectivity index (χ1) is 14.9. The van der Waals surface area contributed by atoms with Gasteiger partial charge in [0.05, 0.1) is 11.8 Å². The summed E-state index contributed by atoms with van der Waals surface area (Å²) in [6.45, 7) is 0. The van der Waals surface area contributed by atoms with E-state index in [1.807, 2.05) is 0 Å². The van der Waals surface area contributed by atoms with Crippen LogP contribution in [0.4, 0.5) is 5.69 Å². The van der Waals surface area contributed by atoms with E-state index in [0.717, 1.165) is 0 Å². The number of esters is 1. The van der Waals surface area contributed by atoms with Crippen LogP contribution in [0.2, 0.25) is 5.02 Å². The van der Waals surface area contributed by atoms with Crippen LogP contribution in [-0.4, -0.2) is 24.0 Å². The first-order valence-electron chi connectivity index (χ1n) is 8.89. The molecule has 2 amide bonds. The number of carbonyl (C=O) groups excluding carboxylic acids is 3. The number of hydrogen-bond acceptors (Lipinski definition) is 5. The number of nitrogens with one attached hydrogen (secondary N) is 2. The van der Waals surface area contributed by atoms with Gasteiger partial charge in [0, 0.05) is 15.2 Å². The smallest absolute Gasteiger partial charge is 0.344 e. The highest BCUT2D eigenvalue weighted by molar-refractivity contribution is 9.10. The molecular weight excluding hydrogens is 486 g/mol. The molecular formula is C22H15BrClN3O4. The van der Waals surface area contributed by atoms with Crippen LogP contribution in [-0.2, 0) is 9.59 Å². The second kappa shape index (κ2) is 10.5. The predicted octanol–water partition coefficient (Wildman–Crippen LogP) is 4.41. The van der Waals surface area contributed by atoms with E-state index >= 15 is 0 Å². The zero-order chi connectivity index (χ0) is 22.2. The molecule has 0 fully saturated rings. The maximum atomic E-state index is 12.3. The normalized spacial score (nSPS) is 10.5. The van der Waals surface area contributed by atoms with Gasteiger partial charge in [0.1, 0.15) is 5.75 Å². The number of ether oxygens (including phenoxy) is 1. The van der Waals surface area contributed by atoms with Crippen molar-refractivity contribution in [3.63, 3.8) is 0 Å². The Morgan fingerprint density at radius 3 is 2.42 bits per heavy atom. The van der Waals surface area contributed by atoms with Crippen LogP contribution >= 0.6 is 27.5 Å². The lowest BCUT2D eigenvalue weighted by Gasteiger charge is -2.06. The number of halogens is 2. The molecule has 156 valence electrons. The van der Waals surface area contributed by atoms with Crippen LogP contribution in [0.1, 0.15) is 15.9 Å². The minimum absolute atomic E-state index is 0.302. The Kier molecular flexibility index (Phi) is 7.53. The Hall–Kier alpha value is -3.49. The van der Waals surface area contributed by atoms with Gasteiger partial charge in [-0.3, -0.25) is 9.59 Å². The molecule has 9 heteroatoms. The standard InChI is InChI=1S/C22H15BrClN3O4/c23-19-7-2-1-6-18(19)22(30)31-17-5-3-4-14(12-17)13-25-27-21(29)20(28)26-16-10-8-15(24)9-11-16/h1-13H,(H,26,28)(H,27,29)/b25-13+. The minimum Gasteiger partial charge on any atom is -0.423 e. The van der Waals surface area contributed by atoms with Crippen molar-refractivity contribution >= 4 is 57.2 Å². The monoisotopic (exact) mass is 499 g/mol. The molecule has 0 aliphatic heterocycles. The summed E-state index contributed by atoms with van der Waals surface area (Å²) in [6, 6.07) is 19.8. The average Bonchev–Trinajstić information content (AvgIpc) is 2.75. The number of amides is 2. The summed E-state index contributed by atoms with van der Waals surface area (Å²) in [6.07, 6.45) is 1.32. The fourth-order valence-corrected chi connectivity index (χ4v) is 2.96. The molecule has 31 heavy (non-hydrogen) atoms. The van der Waals surface area contributed by atoms with Crippen LogP contribution in [0.5, 0.6) is 5.75 Å². The molecule has 0 saturated heterocycles. The summed E-state index contributed by atoms with van der Waals surface area (Å²) < 4.78 is 5.99. The van der Waals surface area contributed by atoms with E-state index in [1.165, 1.54) is 6.21 Å². The topological polar surface area (TPSA) is 96.9 Å². The van der Waals surface area contributed by atoms with Crippen molar-refractivity contribution < 1.29 is 19.1 Å². The van der Waals surface area contributed by atoms with Gasteiger partial charge in [0.25, 0.3) is 0 Å². The fourth-order valence-electron chi connectivity index (χ4n) is 2.38. The third kappa shape index (κ3) is 6.50. The van der Waals surface area contributed by atoms with Crippen molar-refractivity contribution in [1.29, 1.82) is 0 Å². The van der Waals surface area contributed by atoms with Crippen molar-refractivity contribution in [2.45, 2.75) is 0 Å². The van der Waals surface area contributed by atoms with Crippen LogP contribution < -0.4 is 15.5 Å². The van der Waals surface area contributed by atoms with Crippen LogP contribution in [0.3, 0.4) is 0 Å². The zero-order valence-corrected chi connectivity index (χ0v) is 18.2. The molecule has 0 aliphatic carbocycles. The first-order valence-corrected chi connectivity index (χ1v) is 10.1. The number of anilines is 1. The lowest BCUT2D eigenvalue weighted by atomic mass is 10.2. The molecule has 7 nitrogen and oxygen atoms in total. The van der Waals surface area contributed by atoms with Gasteiger partial charge >= 0.3 is 17.8 Å². The van der Waals surface area contributed by atoms with E-state index in [4.69, 9.17) is 16.3 Å².